The summed E-state index contributed by atoms with van der Waals surface area (Å²) >= 11 is 3.47. The van der Waals surface area contributed by atoms with Crippen molar-refractivity contribution in [2.24, 2.45) is 0 Å². The van der Waals surface area contributed by atoms with E-state index in [2.05, 4.69) is 28.2 Å². The maximum Gasteiger partial charge on any atom is 0.262 e. The Morgan fingerprint density at radius 3 is 2.42 bits per heavy atom. The highest BCUT2D eigenvalue weighted by molar-refractivity contribution is 9.10. The Bertz CT molecular complexity index is 726. The lowest BCUT2D eigenvalue weighted by atomic mass is 10.1. The molecule has 0 saturated heterocycles. The van der Waals surface area contributed by atoms with E-state index in [0.717, 1.165) is 17.3 Å². The van der Waals surface area contributed by atoms with Crippen LogP contribution in [-0.4, -0.2) is 18.3 Å². The molecule has 0 aliphatic heterocycles. The van der Waals surface area contributed by atoms with Gasteiger partial charge in [0.05, 0.1) is 4.47 Å². The molecule has 0 aliphatic rings. The average Bonchev–Trinajstić information content (AvgIpc) is 2.55. The average molecular weight is 390 g/mol. The van der Waals surface area contributed by atoms with Crippen molar-refractivity contribution in [2.75, 3.05) is 11.9 Å². The smallest absolute Gasteiger partial charge is 0.262 e. The molecule has 0 spiro atoms. The van der Waals surface area contributed by atoms with Crippen molar-refractivity contribution in [1.82, 2.24) is 0 Å². The van der Waals surface area contributed by atoms with Crippen LogP contribution in [0.25, 0.3) is 0 Å². The van der Waals surface area contributed by atoms with Gasteiger partial charge in [-0.3, -0.25) is 9.59 Å². The lowest BCUT2D eigenvalue weighted by Gasteiger charge is -2.10. The minimum atomic E-state index is -0.255. The summed E-state index contributed by atoms with van der Waals surface area (Å²) in [4.78, 5) is 23.2. The van der Waals surface area contributed by atoms with Crippen LogP contribution in [0.15, 0.2) is 46.9 Å². The molecule has 1 amide bonds. The number of nitrogens with one attached hydrogen (secondary N) is 1. The molecule has 0 bridgehead atoms. The van der Waals surface area contributed by atoms with E-state index in [9.17, 15) is 9.59 Å². The van der Waals surface area contributed by atoms with E-state index in [0.29, 0.717) is 17.0 Å². The molecule has 0 unspecified atom stereocenters. The lowest BCUT2D eigenvalue weighted by Crippen LogP contribution is -2.20. The Kier molecular flexibility index (Phi) is 6.55. The van der Waals surface area contributed by atoms with Gasteiger partial charge in [-0.1, -0.05) is 19.4 Å². The molecule has 2 rings (SSSR count). The Labute approximate surface area is 150 Å². The molecule has 0 fully saturated rings. The molecule has 4 nitrogen and oxygen atoms in total. The van der Waals surface area contributed by atoms with Gasteiger partial charge in [0.15, 0.2) is 12.4 Å². The van der Waals surface area contributed by atoms with E-state index in [-0.39, 0.29) is 18.3 Å². The number of Topliss-reactive ketones (excluding diaryl/α,β-unsaturated/α-hetero) is 1. The number of benzene rings is 2. The molecule has 0 aromatic heterocycles. The molecule has 0 heterocycles. The van der Waals surface area contributed by atoms with Gasteiger partial charge >= 0.3 is 0 Å². The molecule has 0 atom stereocenters. The fourth-order valence-corrected chi connectivity index (χ4v) is 2.77. The number of ether oxygens (including phenoxy) is 1. The topological polar surface area (TPSA) is 55.4 Å². The molecule has 5 heteroatoms. The second kappa shape index (κ2) is 8.64. The molecule has 1 N–H and O–H groups in total. The number of carbonyl (C=O) groups is 2. The van der Waals surface area contributed by atoms with Crippen LogP contribution in [-0.2, 0) is 11.2 Å². The molecule has 2 aromatic rings. The maximum atomic E-state index is 12.0. The number of anilines is 1. The molecule has 0 aliphatic carbocycles. The molecule has 126 valence electrons. The van der Waals surface area contributed by atoms with E-state index >= 15 is 0 Å². The van der Waals surface area contributed by atoms with Crippen molar-refractivity contribution in [3.05, 3.63) is 58.1 Å². The van der Waals surface area contributed by atoms with Gasteiger partial charge in [-0.15, -0.1) is 0 Å². The standard InChI is InChI=1S/C19H20BrNO3/c1-3-4-14-5-10-18(17(20)11-14)24-12-19(23)21-16-8-6-15(7-9-16)13(2)22/h5-11H,3-4,12H2,1-2H3,(H,21,23). The van der Waals surface area contributed by atoms with E-state index in [1.807, 2.05) is 18.2 Å². The molecule has 0 radical (unpaired) electrons. The SMILES string of the molecule is CCCc1ccc(OCC(=O)Nc2ccc(C(C)=O)cc2)c(Br)c1. The zero-order valence-electron chi connectivity index (χ0n) is 13.8. The van der Waals surface area contributed by atoms with Gasteiger partial charge in [0.1, 0.15) is 5.75 Å². The van der Waals surface area contributed by atoms with Gasteiger partial charge in [-0.05, 0) is 71.2 Å². The van der Waals surface area contributed by atoms with Crippen LogP contribution in [0.2, 0.25) is 0 Å². The highest BCUT2D eigenvalue weighted by Gasteiger charge is 2.07. The van der Waals surface area contributed by atoms with Crippen molar-refractivity contribution in [1.29, 1.82) is 0 Å². The predicted molar refractivity (Wildman–Crippen MR) is 98.7 cm³/mol. The largest absolute Gasteiger partial charge is 0.483 e. The quantitative estimate of drug-likeness (QED) is 0.702. The normalized spacial score (nSPS) is 10.3. The van der Waals surface area contributed by atoms with Crippen LogP contribution >= 0.6 is 15.9 Å². The number of ketones is 1. The Morgan fingerprint density at radius 2 is 1.83 bits per heavy atom. The summed E-state index contributed by atoms with van der Waals surface area (Å²) in [7, 11) is 0. The summed E-state index contributed by atoms with van der Waals surface area (Å²) in [6.45, 7) is 3.55. The predicted octanol–water partition coefficient (Wildman–Crippen LogP) is 4.62. The van der Waals surface area contributed by atoms with Crippen molar-refractivity contribution in [2.45, 2.75) is 26.7 Å². The minimum Gasteiger partial charge on any atom is -0.483 e. The van der Waals surface area contributed by atoms with Crippen molar-refractivity contribution >= 4 is 33.3 Å². The van der Waals surface area contributed by atoms with Gasteiger partial charge in [-0.2, -0.15) is 0 Å². The number of halogens is 1. The number of hydrogen-bond acceptors (Lipinski definition) is 3. The van der Waals surface area contributed by atoms with Crippen LogP contribution in [0.1, 0.15) is 36.2 Å². The molecule has 0 saturated carbocycles. The summed E-state index contributed by atoms with van der Waals surface area (Å²) < 4.78 is 6.39. The highest BCUT2D eigenvalue weighted by atomic mass is 79.9. The summed E-state index contributed by atoms with van der Waals surface area (Å²) in [5, 5.41) is 2.74. The first-order chi connectivity index (χ1) is 11.5. The van der Waals surface area contributed by atoms with Gasteiger partial charge in [-0.25, -0.2) is 0 Å². The van der Waals surface area contributed by atoms with Crippen molar-refractivity contribution < 1.29 is 14.3 Å². The van der Waals surface area contributed by atoms with Crippen LogP contribution in [0.4, 0.5) is 5.69 Å². The van der Waals surface area contributed by atoms with E-state index in [4.69, 9.17) is 4.74 Å². The molecular weight excluding hydrogens is 370 g/mol. The van der Waals surface area contributed by atoms with E-state index < -0.39 is 0 Å². The zero-order chi connectivity index (χ0) is 17.5. The maximum absolute atomic E-state index is 12.0. The summed E-state index contributed by atoms with van der Waals surface area (Å²) in [5.74, 6) is 0.375. The third kappa shape index (κ3) is 5.20. The first kappa shape index (κ1) is 18.2. The number of aryl methyl sites for hydroxylation is 1. The number of amides is 1. The second-order valence-corrected chi connectivity index (χ2v) is 6.34. The first-order valence-corrected chi connectivity index (χ1v) is 8.61. The van der Waals surface area contributed by atoms with Gasteiger partial charge in [0.25, 0.3) is 5.91 Å². The molecular formula is C19H20BrNO3. The highest BCUT2D eigenvalue weighted by Crippen LogP contribution is 2.26. The molecule has 24 heavy (non-hydrogen) atoms. The van der Waals surface area contributed by atoms with E-state index in [1.165, 1.54) is 12.5 Å². The van der Waals surface area contributed by atoms with Crippen LogP contribution in [0.3, 0.4) is 0 Å². The zero-order valence-corrected chi connectivity index (χ0v) is 15.4. The number of rotatable bonds is 7. The Balaban J connectivity index is 1.90. The summed E-state index contributed by atoms with van der Waals surface area (Å²) in [6.07, 6.45) is 2.09. The monoisotopic (exact) mass is 389 g/mol. The van der Waals surface area contributed by atoms with Gasteiger partial charge in [0, 0.05) is 11.3 Å². The van der Waals surface area contributed by atoms with Crippen molar-refractivity contribution in [3.8, 4) is 5.75 Å². The van der Waals surface area contributed by atoms with Gasteiger partial charge < -0.3 is 10.1 Å². The Hall–Kier alpha value is -2.14. The van der Waals surface area contributed by atoms with Crippen LogP contribution in [0, 0.1) is 0 Å². The Morgan fingerprint density at radius 1 is 1.12 bits per heavy atom. The van der Waals surface area contributed by atoms with Crippen molar-refractivity contribution in [3.63, 3.8) is 0 Å². The third-order valence-corrected chi connectivity index (χ3v) is 4.09. The second-order valence-electron chi connectivity index (χ2n) is 5.49. The minimum absolute atomic E-state index is 0.00687. The lowest BCUT2D eigenvalue weighted by molar-refractivity contribution is -0.118. The number of hydrogen-bond donors (Lipinski definition) is 1. The third-order valence-electron chi connectivity index (χ3n) is 3.47. The fraction of sp³-hybridized carbons (Fsp3) is 0.263. The van der Waals surface area contributed by atoms with Crippen LogP contribution < -0.4 is 10.1 Å². The van der Waals surface area contributed by atoms with Crippen LogP contribution in [0.5, 0.6) is 5.75 Å². The molecule has 2 aromatic carbocycles. The van der Waals surface area contributed by atoms with Gasteiger partial charge in [0.2, 0.25) is 0 Å². The summed E-state index contributed by atoms with van der Waals surface area (Å²) in [6, 6.07) is 12.6. The van der Waals surface area contributed by atoms with E-state index in [1.54, 1.807) is 24.3 Å². The number of carbonyl (C=O) groups excluding carboxylic acids is 2. The summed E-state index contributed by atoms with van der Waals surface area (Å²) in [5.41, 5.74) is 2.47. The first-order valence-electron chi connectivity index (χ1n) is 7.81. The fourth-order valence-electron chi connectivity index (χ4n) is 2.23.